The largest absolute Gasteiger partial charge is 0.370 e. The van der Waals surface area contributed by atoms with Gasteiger partial charge in [0.05, 0.1) is 11.1 Å². The van der Waals surface area contributed by atoms with Gasteiger partial charge in [0, 0.05) is 23.2 Å². The second kappa shape index (κ2) is 6.71. The summed E-state index contributed by atoms with van der Waals surface area (Å²) < 4.78 is 27.8. The number of guanidine groups is 1. The highest BCUT2D eigenvalue weighted by atomic mass is 32.2. The van der Waals surface area contributed by atoms with Gasteiger partial charge in [0.25, 0.3) is 0 Å². The number of benzene rings is 1. The van der Waals surface area contributed by atoms with Crippen molar-refractivity contribution in [3.05, 3.63) is 36.7 Å². The van der Waals surface area contributed by atoms with Crippen LogP contribution in [-0.2, 0) is 10.0 Å². The van der Waals surface area contributed by atoms with E-state index in [4.69, 9.17) is 11.1 Å². The summed E-state index contributed by atoms with van der Waals surface area (Å²) in [4.78, 5) is 4.17. The van der Waals surface area contributed by atoms with E-state index in [1.54, 1.807) is 36.7 Å². The third-order valence-corrected chi connectivity index (χ3v) is 4.66. The van der Waals surface area contributed by atoms with Crippen molar-refractivity contribution in [2.75, 3.05) is 0 Å². The molecule has 8 heteroatoms. The second-order valence-corrected chi connectivity index (χ2v) is 6.56. The fourth-order valence-corrected chi connectivity index (χ4v) is 3.63. The highest BCUT2D eigenvalue weighted by Gasteiger charge is 2.21. The number of aromatic nitrogens is 1. The third-order valence-electron chi connectivity index (χ3n) is 3.13. The number of nitrogens with zero attached hydrogens (tertiary/aromatic N) is 1. The Balaban J connectivity index is 2.37. The zero-order valence-electron chi connectivity index (χ0n) is 12.2. The van der Waals surface area contributed by atoms with Crippen molar-refractivity contribution in [3.63, 3.8) is 0 Å². The summed E-state index contributed by atoms with van der Waals surface area (Å²) in [5.41, 5.74) is 5.30. The zero-order chi connectivity index (χ0) is 16.2. The fourth-order valence-electron chi connectivity index (χ4n) is 2.21. The van der Waals surface area contributed by atoms with Gasteiger partial charge in [-0.2, -0.15) is 4.72 Å². The van der Waals surface area contributed by atoms with Gasteiger partial charge < -0.3 is 11.1 Å². The Bertz CT molecular complexity index is 770. The van der Waals surface area contributed by atoms with E-state index < -0.39 is 16.2 Å². The summed E-state index contributed by atoms with van der Waals surface area (Å²) in [5, 5.41) is 11.2. The predicted molar refractivity (Wildman–Crippen MR) is 85.8 cm³/mol. The molecule has 5 N–H and O–H groups in total. The van der Waals surface area contributed by atoms with Gasteiger partial charge in [-0.15, -0.1) is 0 Å². The maximum atomic E-state index is 12.6. The first kappa shape index (κ1) is 16.2. The van der Waals surface area contributed by atoms with E-state index in [2.05, 4.69) is 15.0 Å². The van der Waals surface area contributed by atoms with E-state index in [0.29, 0.717) is 11.8 Å². The number of hydrogen-bond donors (Lipinski definition) is 4. The van der Waals surface area contributed by atoms with Crippen LogP contribution in [0.5, 0.6) is 0 Å². The molecular formula is C14H19N5O2S. The molecule has 1 aromatic heterocycles. The molecule has 0 fully saturated rings. The van der Waals surface area contributed by atoms with E-state index in [-0.39, 0.29) is 10.9 Å². The fraction of sp³-hybridized carbons (Fsp3) is 0.286. The van der Waals surface area contributed by atoms with Gasteiger partial charge in [-0.3, -0.25) is 10.4 Å². The van der Waals surface area contributed by atoms with Crippen LogP contribution in [0, 0.1) is 5.41 Å². The number of hydrogen-bond acceptors (Lipinski definition) is 4. The minimum Gasteiger partial charge on any atom is -0.370 e. The van der Waals surface area contributed by atoms with Crippen LogP contribution >= 0.6 is 0 Å². The molecule has 1 unspecified atom stereocenters. The van der Waals surface area contributed by atoms with Crippen LogP contribution < -0.4 is 15.8 Å². The molecule has 0 radical (unpaired) electrons. The van der Waals surface area contributed by atoms with Gasteiger partial charge in [0.15, 0.2) is 5.96 Å². The monoisotopic (exact) mass is 321 g/mol. The van der Waals surface area contributed by atoms with Gasteiger partial charge >= 0.3 is 0 Å². The van der Waals surface area contributed by atoms with Crippen molar-refractivity contribution in [2.24, 2.45) is 5.73 Å². The quantitative estimate of drug-likeness (QED) is 0.361. The summed E-state index contributed by atoms with van der Waals surface area (Å²) >= 11 is 0. The summed E-state index contributed by atoms with van der Waals surface area (Å²) in [6, 6.07) is 6.68. The van der Waals surface area contributed by atoms with Gasteiger partial charge in [-0.05, 0) is 18.6 Å². The van der Waals surface area contributed by atoms with Crippen LogP contribution in [0.25, 0.3) is 10.8 Å². The van der Waals surface area contributed by atoms with Crippen molar-refractivity contribution in [1.29, 1.82) is 5.41 Å². The lowest BCUT2D eigenvalue weighted by atomic mass is 10.2. The molecule has 0 aliphatic rings. The molecular weight excluding hydrogens is 302 g/mol. The molecule has 1 atom stereocenters. The number of rotatable bonds is 6. The molecule has 0 saturated carbocycles. The maximum Gasteiger partial charge on any atom is 0.242 e. The molecule has 0 aliphatic heterocycles. The number of nitrogens with one attached hydrogen (secondary N) is 3. The topological polar surface area (TPSA) is 121 Å². The summed E-state index contributed by atoms with van der Waals surface area (Å²) in [6.07, 6.45) is 3.81. The molecule has 0 aliphatic carbocycles. The first-order valence-electron chi connectivity index (χ1n) is 6.89. The summed E-state index contributed by atoms with van der Waals surface area (Å²) in [5.74, 6) is -0.275. The average Bonchev–Trinajstić information content (AvgIpc) is 2.45. The number of pyridine rings is 1. The molecule has 7 nitrogen and oxygen atoms in total. The van der Waals surface area contributed by atoms with Crippen molar-refractivity contribution >= 4 is 26.8 Å². The van der Waals surface area contributed by atoms with E-state index in [0.717, 1.165) is 11.8 Å². The minimum absolute atomic E-state index is 0.179. The van der Waals surface area contributed by atoms with E-state index >= 15 is 0 Å². The van der Waals surface area contributed by atoms with Crippen molar-refractivity contribution in [2.45, 2.75) is 30.8 Å². The van der Waals surface area contributed by atoms with Crippen molar-refractivity contribution in [3.8, 4) is 0 Å². The Morgan fingerprint density at radius 1 is 1.41 bits per heavy atom. The molecule has 1 aromatic carbocycles. The first-order valence-corrected chi connectivity index (χ1v) is 8.38. The molecule has 22 heavy (non-hydrogen) atoms. The lowest BCUT2D eigenvalue weighted by Gasteiger charge is -2.20. The lowest BCUT2D eigenvalue weighted by Crippen LogP contribution is -2.49. The van der Waals surface area contributed by atoms with E-state index in [1.807, 2.05) is 6.92 Å². The van der Waals surface area contributed by atoms with E-state index in [1.165, 1.54) is 0 Å². The Morgan fingerprint density at radius 3 is 2.86 bits per heavy atom. The minimum atomic E-state index is -3.75. The smallest absolute Gasteiger partial charge is 0.242 e. The van der Waals surface area contributed by atoms with Crippen LogP contribution in [0.3, 0.4) is 0 Å². The van der Waals surface area contributed by atoms with Crippen LogP contribution in [0.1, 0.15) is 19.8 Å². The molecule has 118 valence electrons. The standard InChI is InChI=1S/C14H19N5O2S/c1-2-4-13(18-14(15)16)19-22(20,21)12-6-3-5-10-9-17-8-7-11(10)12/h3,5-9,13,19H,2,4H2,1H3,(H4,15,16,18). The SMILES string of the molecule is CCCC(NC(=N)N)NS(=O)(=O)c1cccc2cnccc12. The molecule has 0 amide bonds. The van der Waals surface area contributed by atoms with Gasteiger partial charge in [0.2, 0.25) is 10.0 Å². The maximum absolute atomic E-state index is 12.6. The van der Waals surface area contributed by atoms with Crippen LogP contribution in [0.4, 0.5) is 0 Å². The Kier molecular flexibility index (Phi) is 4.94. The van der Waals surface area contributed by atoms with Crippen LogP contribution in [0.15, 0.2) is 41.6 Å². The molecule has 2 rings (SSSR count). The van der Waals surface area contributed by atoms with Gasteiger partial charge in [-0.25, -0.2) is 8.42 Å². The van der Waals surface area contributed by atoms with Gasteiger partial charge in [0.1, 0.15) is 0 Å². The second-order valence-electron chi connectivity index (χ2n) is 4.87. The molecule has 0 spiro atoms. The van der Waals surface area contributed by atoms with Crippen molar-refractivity contribution < 1.29 is 8.42 Å². The third kappa shape index (κ3) is 3.71. The molecule has 2 aromatic rings. The predicted octanol–water partition coefficient (Wildman–Crippen LogP) is 1.12. The average molecular weight is 321 g/mol. The number of fused-ring (bicyclic) bond motifs is 1. The first-order chi connectivity index (χ1) is 10.4. The molecule has 0 bridgehead atoms. The Labute approximate surface area is 129 Å². The Hall–Kier alpha value is -2.19. The highest BCUT2D eigenvalue weighted by molar-refractivity contribution is 7.89. The van der Waals surface area contributed by atoms with Crippen molar-refractivity contribution in [1.82, 2.24) is 15.0 Å². The molecule has 1 heterocycles. The van der Waals surface area contributed by atoms with Crippen LogP contribution in [0.2, 0.25) is 0 Å². The summed E-state index contributed by atoms with van der Waals surface area (Å²) in [7, 11) is -3.75. The highest BCUT2D eigenvalue weighted by Crippen LogP contribution is 2.22. The van der Waals surface area contributed by atoms with E-state index in [9.17, 15) is 8.42 Å². The number of nitrogens with two attached hydrogens (primary N) is 1. The normalized spacial score (nSPS) is 13.0. The number of sulfonamides is 1. The Morgan fingerprint density at radius 2 is 2.18 bits per heavy atom. The molecule has 0 saturated heterocycles. The lowest BCUT2D eigenvalue weighted by molar-refractivity contribution is 0.501. The zero-order valence-corrected chi connectivity index (χ0v) is 13.0. The van der Waals surface area contributed by atoms with Gasteiger partial charge in [-0.1, -0.05) is 25.5 Å². The van der Waals surface area contributed by atoms with Crippen LogP contribution in [-0.4, -0.2) is 25.5 Å². The summed E-state index contributed by atoms with van der Waals surface area (Å²) in [6.45, 7) is 1.92.